The summed E-state index contributed by atoms with van der Waals surface area (Å²) in [6.07, 6.45) is 5.77. The van der Waals surface area contributed by atoms with Gasteiger partial charge in [0, 0.05) is 19.1 Å². The van der Waals surface area contributed by atoms with Crippen molar-refractivity contribution in [3.63, 3.8) is 0 Å². The Hall–Kier alpha value is -0.610. The summed E-state index contributed by atoms with van der Waals surface area (Å²) in [5.74, 6) is 0.889. The van der Waals surface area contributed by atoms with Crippen LogP contribution < -0.4 is 5.32 Å². The SMILES string of the molecule is CC1CCC(O)(CN2CCCC(NC(C)C)C2=O)CC1. The minimum absolute atomic E-state index is 0.0603. The van der Waals surface area contributed by atoms with Gasteiger partial charge in [0.05, 0.1) is 11.6 Å². The van der Waals surface area contributed by atoms with Gasteiger partial charge in [-0.3, -0.25) is 4.79 Å². The molecule has 1 saturated carbocycles. The van der Waals surface area contributed by atoms with Gasteiger partial charge in [-0.15, -0.1) is 0 Å². The molecule has 0 radical (unpaired) electrons. The van der Waals surface area contributed by atoms with Crippen LogP contribution in [-0.4, -0.2) is 46.7 Å². The van der Waals surface area contributed by atoms with Gasteiger partial charge < -0.3 is 15.3 Å². The van der Waals surface area contributed by atoms with Crippen molar-refractivity contribution in [3.8, 4) is 0 Å². The number of carbonyl (C=O) groups excluding carboxylic acids is 1. The van der Waals surface area contributed by atoms with Gasteiger partial charge in [0.25, 0.3) is 0 Å². The van der Waals surface area contributed by atoms with Gasteiger partial charge in [0.1, 0.15) is 0 Å². The summed E-state index contributed by atoms with van der Waals surface area (Å²) < 4.78 is 0. The average molecular weight is 282 g/mol. The number of nitrogens with zero attached hydrogens (tertiary/aromatic N) is 1. The Morgan fingerprint density at radius 3 is 2.60 bits per heavy atom. The predicted octanol–water partition coefficient (Wildman–Crippen LogP) is 1.92. The molecule has 0 spiro atoms. The van der Waals surface area contributed by atoms with Crippen molar-refractivity contribution < 1.29 is 9.90 Å². The number of rotatable bonds is 4. The zero-order valence-corrected chi connectivity index (χ0v) is 13.2. The van der Waals surface area contributed by atoms with Gasteiger partial charge >= 0.3 is 0 Å². The summed E-state index contributed by atoms with van der Waals surface area (Å²) in [6.45, 7) is 7.71. The summed E-state index contributed by atoms with van der Waals surface area (Å²) in [5, 5.41) is 14.1. The highest BCUT2D eigenvalue weighted by molar-refractivity contribution is 5.82. The average Bonchev–Trinajstić information content (AvgIpc) is 2.38. The third-order valence-corrected chi connectivity index (χ3v) is 4.76. The van der Waals surface area contributed by atoms with E-state index in [0.29, 0.717) is 18.5 Å². The van der Waals surface area contributed by atoms with E-state index in [-0.39, 0.29) is 11.9 Å². The molecule has 2 N–H and O–H groups in total. The number of hydrogen-bond donors (Lipinski definition) is 2. The first-order valence-electron chi connectivity index (χ1n) is 8.17. The number of aliphatic hydroxyl groups is 1. The normalized spacial score (nSPS) is 35.6. The van der Waals surface area contributed by atoms with E-state index in [1.54, 1.807) is 0 Å². The van der Waals surface area contributed by atoms with Crippen molar-refractivity contribution in [2.75, 3.05) is 13.1 Å². The standard InChI is InChI=1S/C16H30N2O2/c1-12(2)17-14-5-4-10-18(15(14)19)11-16(20)8-6-13(3)7-9-16/h12-14,17,20H,4-11H2,1-3H3. The van der Waals surface area contributed by atoms with Crippen molar-refractivity contribution in [2.45, 2.75) is 77.0 Å². The van der Waals surface area contributed by atoms with E-state index >= 15 is 0 Å². The molecule has 4 nitrogen and oxygen atoms in total. The molecule has 116 valence electrons. The maximum absolute atomic E-state index is 12.5. The summed E-state index contributed by atoms with van der Waals surface area (Å²) >= 11 is 0. The number of likely N-dealkylation sites (tertiary alicyclic amines) is 1. The molecule has 1 amide bonds. The molecule has 0 bridgehead atoms. The third kappa shape index (κ3) is 3.95. The molecule has 1 unspecified atom stereocenters. The highest BCUT2D eigenvalue weighted by Crippen LogP contribution is 2.33. The Labute approximate surface area is 122 Å². The number of carbonyl (C=O) groups is 1. The molecule has 1 saturated heterocycles. The topological polar surface area (TPSA) is 52.6 Å². The number of piperidine rings is 1. The van der Waals surface area contributed by atoms with Crippen LogP contribution in [0.4, 0.5) is 0 Å². The minimum Gasteiger partial charge on any atom is -0.388 e. The molecule has 1 heterocycles. The van der Waals surface area contributed by atoms with E-state index in [9.17, 15) is 9.90 Å². The zero-order chi connectivity index (χ0) is 14.8. The molecule has 1 atom stereocenters. The molecule has 2 aliphatic rings. The maximum Gasteiger partial charge on any atom is 0.239 e. The fourth-order valence-corrected chi connectivity index (χ4v) is 3.47. The first-order valence-corrected chi connectivity index (χ1v) is 8.17. The van der Waals surface area contributed by atoms with Crippen LogP contribution in [0.1, 0.15) is 59.3 Å². The molecule has 0 aromatic rings. The molecule has 20 heavy (non-hydrogen) atoms. The molecule has 2 rings (SSSR count). The van der Waals surface area contributed by atoms with E-state index in [0.717, 1.165) is 45.1 Å². The van der Waals surface area contributed by atoms with E-state index in [4.69, 9.17) is 0 Å². The van der Waals surface area contributed by atoms with Gasteiger partial charge in [-0.25, -0.2) is 0 Å². The summed E-state index contributed by atoms with van der Waals surface area (Å²) in [5.41, 5.74) is -0.651. The van der Waals surface area contributed by atoms with E-state index in [2.05, 4.69) is 26.1 Å². The fraction of sp³-hybridized carbons (Fsp3) is 0.938. The van der Waals surface area contributed by atoms with Crippen LogP contribution in [0.25, 0.3) is 0 Å². The van der Waals surface area contributed by atoms with Crippen molar-refractivity contribution >= 4 is 5.91 Å². The van der Waals surface area contributed by atoms with Crippen molar-refractivity contribution in [1.29, 1.82) is 0 Å². The quantitative estimate of drug-likeness (QED) is 0.828. The van der Waals surface area contributed by atoms with Gasteiger partial charge in [0.2, 0.25) is 5.91 Å². The highest BCUT2D eigenvalue weighted by Gasteiger charge is 2.37. The van der Waals surface area contributed by atoms with Crippen LogP contribution in [0.3, 0.4) is 0 Å². The lowest BCUT2D eigenvalue weighted by Crippen LogP contribution is -2.56. The number of nitrogens with one attached hydrogen (secondary N) is 1. The summed E-state index contributed by atoms with van der Waals surface area (Å²) in [4.78, 5) is 14.4. The zero-order valence-electron chi connectivity index (χ0n) is 13.2. The van der Waals surface area contributed by atoms with Crippen LogP contribution in [0.15, 0.2) is 0 Å². The highest BCUT2D eigenvalue weighted by atomic mass is 16.3. The smallest absolute Gasteiger partial charge is 0.239 e. The second-order valence-corrected chi connectivity index (χ2v) is 7.18. The lowest BCUT2D eigenvalue weighted by molar-refractivity contribution is -0.141. The van der Waals surface area contributed by atoms with E-state index in [1.807, 2.05) is 4.90 Å². The fourth-order valence-electron chi connectivity index (χ4n) is 3.47. The Balaban J connectivity index is 1.93. The molecule has 1 aliphatic heterocycles. The van der Waals surface area contributed by atoms with E-state index in [1.165, 1.54) is 0 Å². The van der Waals surface area contributed by atoms with Gasteiger partial charge in [0.15, 0.2) is 0 Å². The Morgan fingerprint density at radius 2 is 2.00 bits per heavy atom. The monoisotopic (exact) mass is 282 g/mol. The molecule has 0 aromatic heterocycles. The second kappa shape index (κ2) is 6.44. The number of amides is 1. The molecular formula is C16H30N2O2. The number of β-amino-alcohol motifs (C(OH)–C–C–N with tert-alkyl or cyclic N) is 1. The molecular weight excluding hydrogens is 252 g/mol. The van der Waals surface area contributed by atoms with Crippen LogP contribution in [0.2, 0.25) is 0 Å². The minimum atomic E-state index is -0.651. The molecule has 4 heteroatoms. The van der Waals surface area contributed by atoms with Gasteiger partial charge in [-0.05, 0) is 44.4 Å². The predicted molar refractivity (Wildman–Crippen MR) is 80.5 cm³/mol. The summed E-state index contributed by atoms with van der Waals surface area (Å²) in [6, 6.07) is 0.261. The van der Waals surface area contributed by atoms with Crippen LogP contribution in [0, 0.1) is 5.92 Å². The Morgan fingerprint density at radius 1 is 1.35 bits per heavy atom. The van der Waals surface area contributed by atoms with Crippen molar-refractivity contribution in [2.24, 2.45) is 5.92 Å². The lowest BCUT2D eigenvalue weighted by Gasteiger charge is -2.41. The Kier molecular flexibility index (Phi) is 5.08. The second-order valence-electron chi connectivity index (χ2n) is 7.18. The largest absolute Gasteiger partial charge is 0.388 e. The van der Waals surface area contributed by atoms with Crippen LogP contribution in [0.5, 0.6) is 0 Å². The van der Waals surface area contributed by atoms with Crippen LogP contribution in [-0.2, 0) is 4.79 Å². The van der Waals surface area contributed by atoms with Crippen molar-refractivity contribution in [1.82, 2.24) is 10.2 Å². The van der Waals surface area contributed by atoms with Crippen molar-refractivity contribution in [3.05, 3.63) is 0 Å². The lowest BCUT2D eigenvalue weighted by atomic mass is 9.79. The molecule has 0 aromatic carbocycles. The Bertz CT molecular complexity index is 335. The summed E-state index contributed by atoms with van der Waals surface area (Å²) in [7, 11) is 0. The van der Waals surface area contributed by atoms with Gasteiger partial charge in [-0.2, -0.15) is 0 Å². The number of hydrogen-bond acceptors (Lipinski definition) is 3. The first-order chi connectivity index (χ1) is 9.39. The third-order valence-electron chi connectivity index (χ3n) is 4.76. The molecule has 2 fully saturated rings. The first kappa shape index (κ1) is 15.8. The van der Waals surface area contributed by atoms with Crippen LogP contribution >= 0.6 is 0 Å². The molecule has 1 aliphatic carbocycles. The van der Waals surface area contributed by atoms with Gasteiger partial charge in [-0.1, -0.05) is 20.8 Å². The van der Waals surface area contributed by atoms with E-state index < -0.39 is 5.60 Å². The maximum atomic E-state index is 12.5.